The second kappa shape index (κ2) is 5.69. The molecular weight excluding hydrogens is 274 g/mol. The third kappa shape index (κ3) is 3.12. The number of benzene rings is 1. The molecule has 116 valence electrons. The number of nitrogens with zero attached hydrogens (tertiary/aromatic N) is 3. The summed E-state index contributed by atoms with van der Waals surface area (Å²) in [4.78, 5) is 10.6. The molecule has 2 heterocycles. The molecule has 1 aromatic carbocycles. The van der Waals surface area contributed by atoms with Crippen molar-refractivity contribution in [1.29, 1.82) is 0 Å². The molecule has 1 aliphatic rings. The highest BCUT2D eigenvalue weighted by molar-refractivity contribution is 5.41. The summed E-state index contributed by atoms with van der Waals surface area (Å²) < 4.78 is 5.94. The van der Waals surface area contributed by atoms with Gasteiger partial charge >= 0.3 is 0 Å². The van der Waals surface area contributed by atoms with Gasteiger partial charge in [-0.3, -0.25) is 4.90 Å². The number of hydrogen-bond donors (Lipinski definition) is 0. The van der Waals surface area contributed by atoms with Gasteiger partial charge in [-0.2, -0.15) is 0 Å². The lowest BCUT2D eigenvalue weighted by Crippen LogP contribution is -2.24. The predicted molar refractivity (Wildman–Crippen MR) is 86.8 cm³/mol. The average molecular weight is 297 g/mol. The van der Waals surface area contributed by atoms with E-state index in [0.29, 0.717) is 0 Å². The molecular formula is C18H23N3O. The van der Waals surface area contributed by atoms with Gasteiger partial charge in [-0.15, -0.1) is 0 Å². The number of aromatic nitrogens is 2. The van der Waals surface area contributed by atoms with Gasteiger partial charge in [-0.1, -0.05) is 12.1 Å². The van der Waals surface area contributed by atoms with E-state index in [1.807, 2.05) is 6.07 Å². The van der Waals surface area contributed by atoms with E-state index in [9.17, 15) is 0 Å². The summed E-state index contributed by atoms with van der Waals surface area (Å²) in [6, 6.07) is 8.75. The van der Waals surface area contributed by atoms with E-state index in [1.165, 1.54) is 11.1 Å². The van der Waals surface area contributed by atoms with Crippen molar-refractivity contribution >= 4 is 0 Å². The highest BCUT2D eigenvalue weighted by Crippen LogP contribution is 2.35. The molecule has 1 atom stereocenters. The van der Waals surface area contributed by atoms with Crippen molar-refractivity contribution in [3.05, 3.63) is 53.6 Å². The molecule has 4 heteroatoms. The second-order valence-corrected chi connectivity index (χ2v) is 6.71. The van der Waals surface area contributed by atoms with Crippen LogP contribution in [0.15, 0.2) is 36.8 Å². The van der Waals surface area contributed by atoms with Gasteiger partial charge in [0.25, 0.3) is 0 Å². The van der Waals surface area contributed by atoms with E-state index in [4.69, 9.17) is 4.74 Å². The van der Waals surface area contributed by atoms with Crippen LogP contribution in [0.1, 0.15) is 43.6 Å². The molecule has 0 N–H and O–H groups in total. The Balaban J connectivity index is 1.72. The molecule has 0 amide bonds. The van der Waals surface area contributed by atoms with E-state index in [0.717, 1.165) is 24.4 Å². The Labute approximate surface area is 132 Å². The number of rotatable bonds is 4. The van der Waals surface area contributed by atoms with Crippen molar-refractivity contribution in [3.63, 3.8) is 0 Å². The van der Waals surface area contributed by atoms with Crippen molar-refractivity contribution in [3.8, 4) is 5.75 Å². The van der Waals surface area contributed by atoms with E-state index in [-0.39, 0.29) is 11.6 Å². The molecule has 0 aliphatic carbocycles. The maximum Gasteiger partial charge on any atom is 0.123 e. The number of hydrogen-bond acceptors (Lipinski definition) is 4. The van der Waals surface area contributed by atoms with Gasteiger partial charge in [-0.05, 0) is 51.1 Å². The highest BCUT2D eigenvalue weighted by Gasteiger charge is 2.30. The first-order chi connectivity index (χ1) is 10.4. The van der Waals surface area contributed by atoms with Crippen molar-refractivity contribution in [2.45, 2.75) is 45.4 Å². The zero-order valence-corrected chi connectivity index (χ0v) is 13.7. The lowest BCUT2D eigenvalue weighted by molar-refractivity contribution is 0.138. The number of fused-ring (bicyclic) bond motifs is 1. The summed E-state index contributed by atoms with van der Waals surface area (Å²) in [7, 11) is 2.13. The van der Waals surface area contributed by atoms with Crippen molar-refractivity contribution in [1.82, 2.24) is 14.9 Å². The van der Waals surface area contributed by atoms with Crippen molar-refractivity contribution in [2.24, 2.45) is 0 Å². The number of ether oxygens (including phenoxy) is 1. The topological polar surface area (TPSA) is 38.2 Å². The van der Waals surface area contributed by atoms with Crippen LogP contribution in [-0.4, -0.2) is 27.5 Å². The van der Waals surface area contributed by atoms with Gasteiger partial charge in [0.05, 0.1) is 5.69 Å². The molecule has 0 spiro atoms. The lowest BCUT2D eigenvalue weighted by Gasteiger charge is -2.24. The third-order valence-corrected chi connectivity index (χ3v) is 4.25. The summed E-state index contributed by atoms with van der Waals surface area (Å²) >= 11 is 0. The summed E-state index contributed by atoms with van der Waals surface area (Å²) in [5.74, 6) is 1.03. The fourth-order valence-electron chi connectivity index (χ4n) is 2.96. The summed E-state index contributed by atoms with van der Waals surface area (Å²) in [5, 5.41) is 0. The van der Waals surface area contributed by atoms with Gasteiger partial charge in [0.2, 0.25) is 0 Å². The molecule has 0 bridgehead atoms. The van der Waals surface area contributed by atoms with E-state index in [2.05, 4.69) is 60.9 Å². The first-order valence-corrected chi connectivity index (χ1v) is 7.71. The maximum atomic E-state index is 5.94. The Morgan fingerprint density at radius 1 is 1.32 bits per heavy atom. The zero-order valence-electron chi connectivity index (χ0n) is 13.7. The van der Waals surface area contributed by atoms with Gasteiger partial charge < -0.3 is 4.74 Å². The molecule has 4 nitrogen and oxygen atoms in total. The SMILES string of the molecule is C[C@@H](c1ccncn1)N(C)Cc1ccc2c(c1)CC(C)(C)O2. The summed E-state index contributed by atoms with van der Waals surface area (Å²) in [6.07, 6.45) is 4.37. The summed E-state index contributed by atoms with van der Waals surface area (Å²) in [5.41, 5.74) is 3.58. The Bertz CT molecular complexity index is 655. The lowest BCUT2D eigenvalue weighted by atomic mass is 10.00. The minimum atomic E-state index is -0.0822. The smallest absolute Gasteiger partial charge is 0.123 e. The van der Waals surface area contributed by atoms with Crippen LogP contribution in [0.2, 0.25) is 0 Å². The molecule has 1 aliphatic heterocycles. The van der Waals surface area contributed by atoms with Crippen LogP contribution in [0, 0.1) is 0 Å². The van der Waals surface area contributed by atoms with Crippen LogP contribution in [-0.2, 0) is 13.0 Å². The third-order valence-electron chi connectivity index (χ3n) is 4.25. The van der Waals surface area contributed by atoms with Gasteiger partial charge in [0.15, 0.2) is 0 Å². The van der Waals surface area contributed by atoms with Gasteiger partial charge in [0, 0.05) is 25.2 Å². The fraction of sp³-hybridized carbons (Fsp3) is 0.444. The normalized spacial score (nSPS) is 17.1. The van der Waals surface area contributed by atoms with Crippen LogP contribution in [0.25, 0.3) is 0 Å². The molecule has 22 heavy (non-hydrogen) atoms. The fourth-order valence-corrected chi connectivity index (χ4v) is 2.96. The summed E-state index contributed by atoms with van der Waals surface area (Å²) in [6.45, 7) is 7.33. The molecule has 1 aromatic heterocycles. The zero-order chi connectivity index (χ0) is 15.7. The second-order valence-electron chi connectivity index (χ2n) is 6.71. The van der Waals surface area contributed by atoms with Crippen LogP contribution < -0.4 is 4.74 Å². The Hall–Kier alpha value is -1.94. The van der Waals surface area contributed by atoms with E-state index >= 15 is 0 Å². The molecule has 3 rings (SSSR count). The van der Waals surface area contributed by atoms with Crippen LogP contribution in [0.4, 0.5) is 0 Å². The Morgan fingerprint density at radius 2 is 2.14 bits per heavy atom. The van der Waals surface area contributed by atoms with Crippen LogP contribution >= 0.6 is 0 Å². The minimum absolute atomic E-state index is 0.0822. The Kier molecular flexibility index (Phi) is 3.87. The predicted octanol–water partition coefficient (Wildman–Crippen LogP) is 3.38. The molecule has 2 aromatic rings. The maximum absolute atomic E-state index is 5.94. The largest absolute Gasteiger partial charge is 0.487 e. The van der Waals surface area contributed by atoms with Crippen LogP contribution in [0.3, 0.4) is 0 Å². The van der Waals surface area contributed by atoms with Gasteiger partial charge in [0.1, 0.15) is 17.7 Å². The molecule has 0 saturated heterocycles. The van der Waals surface area contributed by atoms with Crippen molar-refractivity contribution in [2.75, 3.05) is 7.05 Å². The quantitative estimate of drug-likeness (QED) is 0.867. The van der Waals surface area contributed by atoms with Crippen LogP contribution in [0.5, 0.6) is 5.75 Å². The molecule has 0 saturated carbocycles. The van der Waals surface area contributed by atoms with Crippen molar-refractivity contribution < 1.29 is 4.74 Å². The first kappa shape index (κ1) is 15.0. The van der Waals surface area contributed by atoms with E-state index < -0.39 is 0 Å². The van der Waals surface area contributed by atoms with E-state index in [1.54, 1.807) is 12.5 Å². The standard InChI is InChI=1S/C18H23N3O/c1-13(16-7-8-19-12-20-16)21(4)11-14-5-6-17-15(9-14)10-18(2,3)22-17/h5-9,12-13H,10-11H2,1-4H3/t13-/m0/s1. The molecule has 0 radical (unpaired) electrons. The minimum Gasteiger partial charge on any atom is -0.487 e. The monoisotopic (exact) mass is 297 g/mol. The molecule has 0 fully saturated rings. The van der Waals surface area contributed by atoms with Gasteiger partial charge in [-0.25, -0.2) is 9.97 Å². The molecule has 0 unspecified atom stereocenters. The Morgan fingerprint density at radius 3 is 2.86 bits per heavy atom. The average Bonchev–Trinajstić information content (AvgIpc) is 2.80. The highest BCUT2D eigenvalue weighted by atomic mass is 16.5. The first-order valence-electron chi connectivity index (χ1n) is 7.71.